The highest BCUT2D eigenvalue weighted by Crippen LogP contribution is 2.32. The zero-order valence-corrected chi connectivity index (χ0v) is 10.4. The summed E-state index contributed by atoms with van der Waals surface area (Å²) in [5, 5.41) is 0. The summed E-state index contributed by atoms with van der Waals surface area (Å²) in [5.41, 5.74) is 2.31. The fraction of sp³-hybridized carbons (Fsp3) is 0.615. The number of carbonyl (C=O) groups excluding carboxylic acids is 1. The lowest BCUT2D eigenvalue weighted by Crippen LogP contribution is -2.34. The van der Waals surface area contributed by atoms with Crippen molar-refractivity contribution in [2.75, 3.05) is 7.11 Å². The van der Waals surface area contributed by atoms with Gasteiger partial charge in [0.05, 0.1) is 7.11 Å². The summed E-state index contributed by atoms with van der Waals surface area (Å²) in [6.07, 6.45) is 4.79. The number of hydrogen-bond acceptors (Lipinski definition) is 4. The Morgan fingerprint density at radius 3 is 2.88 bits per heavy atom. The minimum Gasteiger partial charge on any atom is -0.467 e. The number of rotatable bonds is 2. The lowest BCUT2D eigenvalue weighted by molar-refractivity contribution is -0.153. The van der Waals surface area contributed by atoms with E-state index in [-0.39, 0.29) is 18.4 Å². The molecule has 1 aliphatic carbocycles. The van der Waals surface area contributed by atoms with Crippen molar-refractivity contribution in [3.05, 3.63) is 23.3 Å². The zero-order chi connectivity index (χ0) is 12.4. The number of esters is 1. The fourth-order valence-corrected chi connectivity index (χ4v) is 2.32. The van der Waals surface area contributed by atoms with Crippen LogP contribution in [0.25, 0.3) is 0 Å². The van der Waals surface area contributed by atoms with E-state index in [4.69, 9.17) is 14.2 Å². The van der Waals surface area contributed by atoms with Gasteiger partial charge in [-0.2, -0.15) is 0 Å². The first-order valence-electron chi connectivity index (χ1n) is 5.88. The Hall–Kier alpha value is -1.13. The van der Waals surface area contributed by atoms with Crippen LogP contribution in [0.2, 0.25) is 0 Å². The average molecular weight is 238 g/mol. The van der Waals surface area contributed by atoms with E-state index in [9.17, 15) is 4.79 Å². The molecule has 94 valence electrons. The van der Waals surface area contributed by atoms with Crippen LogP contribution < -0.4 is 0 Å². The van der Waals surface area contributed by atoms with E-state index in [0.717, 1.165) is 24.0 Å². The highest BCUT2D eigenvalue weighted by molar-refractivity contribution is 5.76. The lowest BCUT2D eigenvalue weighted by atomic mass is 9.91. The van der Waals surface area contributed by atoms with Gasteiger partial charge >= 0.3 is 5.97 Å². The summed E-state index contributed by atoms with van der Waals surface area (Å²) in [4.78, 5) is 11.7. The van der Waals surface area contributed by atoms with Gasteiger partial charge in [0.25, 0.3) is 0 Å². The molecule has 4 nitrogen and oxygen atoms in total. The van der Waals surface area contributed by atoms with E-state index < -0.39 is 6.10 Å². The zero-order valence-electron chi connectivity index (χ0n) is 10.4. The second-order valence-electron chi connectivity index (χ2n) is 4.35. The molecule has 2 aliphatic rings. The van der Waals surface area contributed by atoms with Crippen molar-refractivity contribution < 1.29 is 19.0 Å². The highest BCUT2D eigenvalue weighted by atomic mass is 16.7. The molecule has 0 radical (unpaired) electrons. The molecule has 17 heavy (non-hydrogen) atoms. The van der Waals surface area contributed by atoms with Gasteiger partial charge in [-0.1, -0.05) is 12.2 Å². The van der Waals surface area contributed by atoms with E-state index >= 15 is 0 Å². The van der Waals surface area contributed by atoms with Gasteiger partial charge in [0, 0.05) is 0 Å². The molecule has 4 heteroatoms. The Morgan fingerprint density at radius 1 is 1.47 bits per heavy atom. The van der Waals surface area contributed by atoms with Gasteiger partial charge in [0.1, 0.15) is 6.10 Å². The van der Waals surface area contributed by atoms with E-state index in [2.05, 4.69) is 12.2 Å². The van der Waals surface area contributed by atoms with Crippen LogP contribution in [0.3, 0.4) is 0 Å². The Balaban J connectivity index is 2.23. The molecule has 0 aromatic heterocycles. The van der Waals surface area contributed by atoms with Crippen LogP contribution in [0.5, 0.6) is 0 Å². The maximum Gasteiger partial charge on any atom is 0.338 e. The Labute approximate surface area is 101 Å². The van der Waals surface area contributed by atoms with Crippen molar-refractivity contribution in [1.29, 1.82) is 0 Å². The number of hydrogen-bond donors (Lipinski definition) is 0. The molecule has 0 spiro atoms. The Kier molecular flexibility index (Phi) is 3.64. The summed E-state index contributed by atoms with van der Waals surface area (Å²) < 4.78 is 15.9. The first kappa shape index (κ1) is 12.3. The Bertz CT molecular complexity index is 370. The summed E-state index contributed by atoms with van der Waals surface area (Å²) in [5.74, 6) is -0.366. The van der Waals surface area contributed by atoms with Gasteiger partial charge in [-0.3, -0.25) is 0 Å². The first-order chi connectivity index (χ1) is 8.13. The minimum absolute atomic E-state index is 0.303. The van der Waals surface area contributed by atoms with Crippen LogP contribution in [0.15, 0.2) is 23.3 Å². The topological polar surface area (TPSA) is 44.8 Å². The monoisotopic (exact) mass is 238 g/mol. The molecule has 3 atom stereocenters. The second kappa shape index (κ2) is 5.02. The van der Waals surface area contributed by atoms with Crippen LogP contribution in [0, 0.1) is 0 Å². The van der Waals surface area contributed by atoms with Crippen molar-refractivity contribution >= 4 is 5.97 Å². The standard InChI is InChI=1S/C13H18O4/c1-8-6-4-5-7-10(8)11-12(13(14)15-3)17-9(2)16-11/h4,6,9,11-12H,5,7H2,1-3H3/t9?,11-,12?/m1/s1. The minimum atomic E-state index is -0.633. The molecular weight excluding hydrogens is 220 g/mol. The molecule has 0 aromatic rings. The normalized spacial score (nSPS) is 33.0. The smallest absolute Gasteiger partial charge is 0.338 e. The number of ether oxygens (including phenoxy) is 3. The number of methoxy groups -OCH3 is 1. The van der Waals surface area contributed by atoms with Crippen molar-refractivity contribution in [1.82, 2.24) is 0 Å². The van der Waals surface area contributed by atoms with Gasteiger partial charge in [-0.15, -0.1) is 0 Å². The van der Waals surface area contributed by atoms with Gasteiger partial charge in [0.2, 0.25) is 0 Å². The molecule has 0 bridgehead atoms. The molecule has 1 fully saturated rings. The molecule has 0 saturated carbocycles. The van der Waals surface area contributed by atoms with E-state index in [1.807, 2.05) is 6.92 Å². The highest BCUT2D eigenvalue weighted by Gasteiger charge is 2.42. The molecule has 1 saturated heterocycles. The summed E-state index contributed by atoms with van der Waals surface area (Å²) in [6, 6.07) is 0. The third-order valence-electron chi connectivity index (χ3n) is 3.18. The van der Waals surface area contributed by atoms with Crippen molar-refractivity contribution in [3.63, 3.8) is 0 Å². The SMILES string of the molecule is COC(=O)C1OC(C)O[C@@H]1C1=C(C)C=CCC1. The van der Waals surface area contributed by atoms with Gasteiger partial charge in [0.15, 0.2) is 12.4 Å². The molecule has 1 aliphatic heterocycles. The average Bonchev–Trinajstić information content (AvgIpc) is 2.71. The molecule has 0 N–H and O–H groups in total. The summed E-state index contributed by atoms with van der Waals surface area (Å²) in [6.45, 7) is 3.83. The number of carbonyl (C=O) groups is 1. The largest absolute Gasteiger partial charge is 0.467 e. The third-order valence-corrected chi connectivity index (χ3v) is 3.18. The van der Waals surface area contributed by atoms with Crippen LogP contribution in [0.4, 0.5) is 0 Å². The van der Waals surface area contributed by atoms with E-state index in [1.54, 1.807) is 6.92 Å². The molecule has 2 rings (SSSR count). The van der Waals surface area contributed by atoms with Crippen LogP contribution in [0.1, 0.15) is 26.7 Å². The predicted octanol–water partition coefficient (Wildman–Crippen LogP) is 1.96. The quantitative estimate of drug-likeness (QED) is 0.690. The Morgan fingerprint density at radius 2 is 2.24 bits per heavy atom. The maximum atomic E-state index is 11.7. The van der Waals surface area contributed by atoms with Crippen molar-refractivity contribution in [2.24, 2.45) is 0 Å². The maximum absolute atomic E-state index is 11.7. The van der Waals surface area contributed by atoms with Crippen LogP contribution >= 0.6 is 0 Å². The van der Waals surface area contributed by atoms with Gasteiger partial charge < -0.3 is 14.2 Å². The molecule has 0 amide bonds. The summed E-state index contributed by atoms with van der Waals surface area (Å²) in [7, 11) is 1.37. The molecule has 0 aromatic carbocycles. The molecular formula is C13H18O4. The molecule has 2 unspecified atom stereocenters. The lowest BCUT2D eigenvalue weighted by Gasteiger charge is -2.21. The van der Waals surface area contributed by atoms with Crippen LogP contribution in [-0.4, -0.2) is 31.6 Å². The molecule has 1 heterocycles. The van der Waals surface area contributed by atoms with Gasteiger partial charge in [-0.25, -0.2) is 4.79 Å². The van der Waals surface area contributed by atoms with Crippen molar-refractivity contribution in [3.8, 4) is 0 Å². The number of allylic oxidation sites excluding steroid dienone is 3. The predicted molar refractivity (Wildman–Crippen MR) is 62.3 cm³/mol. The third kappa shape index (κ3) is 2.42. The van der Waals surface area contributed by atoms with E-state index in [0.29, 0.717) is 0 Å². The van der Waals surface area contributed by atoms with E-state index in [1.165, 1.54) is 7.11 Å². The van der Waals surface area contributed by atoms with Gasteiger partial charge in [-0.05, 0) is 37.8 Å². The summed E-state index contributed by atoms with van der Waals surface area (Å²) >= 11 is 0. The van der Waals surface area contributed by atoms with Crippen molar-refractivity contribution in [2.45, 2.75) is 45.2 Å². The fourth-order valence-electron chi connectivity index (χ4n) is 2.32. The van der Waals surface area contributed by atoms with Crippen LogP contribution in [-0.2, 0) is 19.0 Å². The second-order valence-corrected chi connectivity index (χ2v) is 4.35. The first-order valence-corrected chi connectivity index (χ1v) is 5.88.